The first-order valence-corrected chi connectivity index (χ1v) is 7.02. The van der Waals surface area contributed by atoms with Crippen LogP contribution in [0.5, 0.6) is 11.6 Å². The molecule has 1 aromatic heterocycles. The van der Waals surface area contributed by atoms with E-state index in [1.54, 1.807) is 12.3 Å². The van der Waals surface area contributed by atoms with Crippen molar-refractivity contribution >= 4 is 11.6 Å². The van der Waals surface area contributed by atoms with Gasteiger partial charge in [0, 0.05) is 18.8 Å². The summed E-state index contributed by atoms with van der Waals surface area (Å²) in [7, 11) is 0. The van der Waals surface area contributed by atoms with Crippen LogP contribution in [0.3, 0.4) is 0 Å². The zero-order chi connectivity index (χ0) is 14.7. The number of ether oxygens (including phenoxy) is 1. The van der Waals surface area contributed by atoms with Crippen molar-refractivity contribution in [2.75, 3.05) is 0 Å². The minimum atomic E-state index is 0.364. The lowest BCUT2D eigenvalue weighted by molar-refractivity contribution is 0.461. The minimum Gasteiger partial charge on any atom is -0.439 e. The summed E-state index contributed by atoms with van der Waals surface area (Å²) in [5, 5.41) is 0.561. The zero-order valence-corrected chi connectivity index (χ0v) is 12.7. The fourth-order valence-corrected chi connectivity index (χ4v) is 2.33. The Morgan fingerprint density at radius 2 is 2.05 bits per heavy atom. The van der Waals surface area contributed by atoms with Crippen LogP contribution in [0.25, 0.3) is 0 Å². The first kappa shape index (κ1) is 14.8. The lowest BCUT2D eigenvalue weighted by atomic mass is 9.98. The molecule has 0 fully saturated rings. The number of nitrogens with two attached hydrogens (primary N) is 1. The first-order chi connectivity index (χ1) is 9.51. The van der Waals surface area contributed by atoms with Gasteiger partial charge in [0.15, 0.2) is 0 Å². The molecule has 0 bridgehead atoms. The van der Waals surface area contributed by atoms with E-state index in [1.165, 1.54) is 11.1 Å². The van der Waals surface area contributed by atoms with Gasteiger partial charge >= 0.3 is 0 Å². The van der Waals surface area contributed by atoms with Crippen molar-refractivity contribution in [1.29, 1.82) is 0 Å². The smallest absolute Gasteiger partial charge is 0.219 e. The third-order valence-electron chi connectivity index (χ3n) is 3.22. The summed E-state index contributed by atoms with van der Waals surface area (Å²) < 4.78 is 5.77. The highest BCUT2D eigenvalue weighted by molar-refractivity contribution is 6.31. The van der Waals surface area contributed by atoms with Crippen LogP contribution in [-0.2, 0) is 6.54 Å². The van der Waals surface area contributed by atoms with Gasteiger partial charge in [0.1, 0.15) is 5.75 Å². The maximum absolute atomic E-state index is 5.98. The second-order valence-corrected chi connectivity index (χ2v) is 5.50. The molecule has 0 unspecified atom stereocenters. The van der Waals surface area contributed by atoms with Gasteiger partial charge < -0.3 is 10.5 Å². The van der Waals surface area contributed by atoms with Crippen LogP contribution in [0.1, 0.15) is 36.5 Å². The second kappa shape index (κ2) is 6.25. The molecule has 106 valence electrons. The van der Waals surface area contributed by atoms with E-state index in [1.807, 2.05) is 12.1 Å². The van der Waals surface area contributed by atoms with E-state index in [2.05, 4.69) is 31.8 Å². The van der Waals surface area contributed by atoms with Crippen molar-refractivity contribution in [3.05, 3.63) is 52.2 Å². The number of nitrogens with zero attached hydrogens (tertiary/aromatic N) is 1. The first-order valence-electron chi connectivity index (χ1n) is 6.64. The SMILES string of the molecule is Cc1cc(Oc2cc(CN)c(Cl)cn2)ccc1C(C)C. The van der Waals surface area contributed by atoms with Gasteiger partial charge in [0.05, 0.1) is 5.02 Å². The second-order valence-electron chi connectivity index (χ2n) is 5.09. The van der Waals surface area contributed by atoms with Gasteiger partial charge in [-0.2, -0.15) is 0 Å². The molecule has 1 heterocycles. The molecule has 2 rings (SSSR count). The highest BCUT2D eigenvalue weighted by Crippen LogP contribution is 2.27. The molecule has 3 nitrogen and oxygen atoms in total. The van der Waals surface area contributed by atoms with Crippen molar-refractivity contribution < 1.29 is 4.74 Å². The topological polar surface area (TPSA) is 48.1 Å². The maximum atomic E-state index is 5.98. The number of pyridine rings is 1. The molecule has 0 aliphatic heterocycles. The fourth-order valence-electron chi connectivity index (χ4n) is 2.15. The van der Waals surface area contributed by atoms with E-state index in [-0.39, 0.29) is 0 Å². The molecule has 0 saturated heterocycles. The van der Waals surface area contributed by atoms with Gasteiger partial charge in [-0.3, -0.25) is 0 Å². The number of rotatable bonds is 4. The van der Waals surface area contributed by atoms with Crippen molar-refractivity contribution in [3.63, 3.8) is 0 Å². The highest BCUT2D eigenvalue weighted by Gasteiger charge is 2.07. The van der Waals surface area contributed by atoms with Gasteiger partial charge in [-0.05, 0) is 41.7 Å². The Balaban J connectivity index is 2.24. The number of hydrogen-bond acceptors (Lipinski definition) is 3. The number of hydrogen-bond donors (Lipinski definition) is 1. The third-order valence-corrected chi connectivity index (χ3v) is 3.56. The molecule has 0 aliphatic rings. The van der Waals surface area contributed by atoms with Gasteiger partial charge in [-0.25, -0.2) is 4.98 Å². The normalized spacial score (nSPS) is 10.9. The summed E-state index contributed by atoms with van der Waals surface area (Å²) in [4.78, 5) is 4.16. The van der Waals surface area contributed by atoms with Crippen molar-refractivity contribution in [3.8, 4) is 11.6 Å². The van der Waals surface area contributed by atoms with E-state index < -0.39 is 0 Å². The molecule has 20 heavy (non-hydrogen) atoms. The zero-order valence-electron chi connectivity index (χ0n) is 12.0. The summed E-state index contributed by atoms with van der Waals surface area (Å²) in [5.74, 6) is 1.78. The van der Waals surface area contributed by atoms with Crippen LogP contribution >= 0.6 is 11.6 Å². The van der Waals surface area contributed by atoms with Gasteiger partial charge in [-0.1, -0.05) is 31.5 Å². The van der Waals surface area contributed by atoms with Crippen LogP contribution in [0.4, 0.5) is 0 Å². The molecule has 2 aromatic rings. The molecule has 0 amide bonds. The van der Waals surface area contributed by atoms with Crippen molar-refractivity contribution in [1.82, 2.24) is 4.98 Å². The third kappa shape index (κ3) is 3.30. The van der Waals surface area contributed by atoms with E-state index in [0.29, 0.717) is 23.4 Å². The van der Waals surface area contributed by atoms with E-state index >= 15 is 0 Å². The molecule has 1 aromatic carbocycles. The summed E-state index contributed by atoms with van der Waals surface area (Å²) in [5.41, 5.74) is 8.99. The Morgan fingerprint density at radius 3 is 2.65 bits per heavy atom. The number of aryl methyl sites for hydroxylation is 1. The summed E-state index contributed by atoms with van der Waals surface area (Å²) in [6.07, 6.45) is 1.56. The summed E-state index contributed by atoms with van der Waals surface area (Å²) in [6.45, 7) is 6.81. The summed E-state index contributed by atoms with van der Waals surface area (Å²) in [6, 6.07) is 7.84. The molecule has 2 N–H and O–H groups in total. The van der Waals surface area contributed by atoms with Crippen LogP contribution in [0.2, 0.25) is 5.02 Å². The average molecular weight is 291 g/mol. The van der Waals surface area contributed by atoms with E-state index in [4.69, 9.17) is 22.1 Å². The Hall–Kier alpha value is -1.58. The predicted octanol–water partition coefficient (Wildman–Crippen LogP) is 4.42. The Kier molecular flexibility index (Phi) is 4.63. The quantitative estimate of drug-likeness (QED) is 0.907. The number of halogens is 1. The van der Waals surface area contributed by atoms with E-state index in [0.717, 1.165) is 11.3 Å². The molecule has 0 radical (unpaired) electrons. The van der Waals surface area contributed by atoms with Crippen LogP contribution in [0.15, 0.2) is 30.5 Å². The maximum Gasteiger partial charge on any atom is 0.219 e. The standard InChI is InChI=1S/C16H19ClN2O/c1-10(2)14-5-4-13(6-11(14)3)20-16-7-12(8-18)15(17)9-19-16/h4-7,9-10H,8,18H2,1-3H3. The average Bonchev–Trinajstić information content (AvgIpc) is 2.40. The van der Waals surface area contributed by atoms with Crippen LogP contribution in [0, 0.1) is 6.92 Å². The van der Waals surface area contributed by atoms with Gasteiger partial charge in [0.25, 0.3) is 0 Å². The number of benzene rings is 1. The van der Waals surface area contributed by atoms with Crippen molar-refractivity contribution in [2.24, 2.45) is 5.73 Å². The molecule has 0 saturated carbocycles. The minimum absolute atomic E-state index is 0.364. The molecule has 0 aliphatic carbocycles. The monoisotopic (exact) mass is 290 g/mol. The highest BCUT2D eigenvalue weighted by atomic mass is 35.5. The Morgan fingerprint density at radius 1 is 1.30 bits per heavy atom. The Bertz CT molecular complexity index is 611. The van der Waals surface area contributed by atoms with Crippen LogP contribution < -0.4 is 10.5 Å². The van der Waals surface area contributed by atoms with Crippen LogP contribution in [-0.4, -0.2) is 4.98 Å². The van der Waals surface area contributed by atoms with E-state index in [9.17, 15) is 0 Å². The largest absolute Gasteiger partial charge is 0.439 e. The predicted molar refractivity (Wildman–Crippen MR) is 82.5 cm³/mol. The fraction of sp³-hybridized carbons (Fsp3) is 0.312. The number of aromatic nitrogens is 1. The lowest BCUT2D eigenvalue weighted by Crippen LogP contribution is -1.99. The molecular weight excluding hydrogens is 272 g/mol. The molecule has 0 spiro atoms. The van der Waals surface area contributed by atoms with Crippen molar-refractivity contribution in [2.45, 2.75) is 33.2 Å². The molecular formula is C16H19ClN2O. The van der Waals surface area contributed by atoms with Gasteiger partial charge in [0.2, 0.25) is 5.88 Å². The summed E-state index contributed by atoms with van der Waals surface area (Å²) >= 11 is 5.98. The molecule has 4 heteroatoms. The Labute approximate surface area is 124 Å². The van der Waals surface area contributed by atoms with Gasteiger partial charge in [-0.15, -0.1) is 0 Å². The molecule has 0 atom stereocenters. The lowest BCUT2D eigenvalue weighted by Gasteiger charge is -2.12.